The quantitative estimate of drug-likeness (QED) is 0.196. The number of nitrogens with zero attached hydrogens (tertiary/aromatic N) is 1. The lowest BCUT2D eigenvalue weighted by molar-refractivity contribution is -0.385. The molecule has 0 fully saturated rings. The number of aliphatic hydroxyl groups excluding tert-OH is 1. The number of aliphatic hydroxyl groups is 1. The molecule has 2 aromatic rings. The van der Waals surface area contributed by atoms with Crippen molar-refractivity contribution < 1.29 is 24.0 Å². The molecule has 0 unspecified atom stereocenters. The maximum atomic E-state index is 13.1. The molecule has 130 valence electrons. The number of rotatable bonds is 5. The van der Waals surface area contributed by atoms with Crippen molar-refractivity contribution in [1.82, 2.24) is 0 Å². The van der Waals surface area contributed by atoms with Gasteiger partial charge in [0.1, 0.15) is 17.1 Å². The van der Waals surface area contributed by atoms with E-state index < -0.39 is 22.5 Å². The molecule has 2 aromatic carbocycles. The van der Waals surface area contributed by atoms with E-state index in [1.54, 1.807) is 6.92 Å². The summed E-state index contributed by atoms with van der Waals surface area (Å²) >= 11 is 3.19. The van der Waals surface area contributed by atoms with E-state index in [1.165, 1.54) is 30.3 Å². The topological polar surface area (TPSA) is 89.7 Å². The second-order valence-corrected chi connectivity index (χ2v) is 5.79. The van der Waals surface area contributed by atoms with E-state index in [0.717, 1.165) is 12.1 Å². The molecule has 8 heteroatoms. The van der Waals surface area contributed by atoms with Crippen LogP contribution in [0.15, 0.2) is 46.9 Å². The summed E-state index contributed by atoms with van der Waals surface area (Å²) in [5.74, 6) is -1.99. The number of hydrogen-bond acceptors (Lipinski definition) is 5. The van der Waals surface area contributed by atoms with Gasteiger partial charge in [-0.3, -0.25) is 10.1 Å². The van der Waals surface area contributed by atoms with Crippen molar-refractivity contribution in [3.63, 3.8) is 0 Å². The van der Waals surface area contributed by atoms with Gasteiger partial charge in [-0.2, -0.15) is 0 Å². The van der Waals surface area contributed by atoms with E-state index in [0.29, 0.717) is 4.47 Å². The van der Waals surface area contributed by atoms with Gasteiger partial charge in [-0.05, 0) is 43.3 Å². The molecule has 1 N–H and O–H groups in total. The normalized spacial score (nSPS) is 11.6. The zero-order valence-electron chi connectivity index (χ0n) is 13.0. The van der Waals surface area contributed by atoms with E-state index in [-0.39, 0.29) is 29.0 Å². The highest BCUT2D eigenvalue weighted by Gasteiger charge is 2.27. The Labute approximate surface area is 150 Å². The van der Waals surface area contributed by atoms with Gasteiger partial charge in [-0.15, -0.1) is 0 Å². The lowest BCUT2D eigenvalue weighted by Crippen LogP contribution is -2.11. The third-order valence-corrected chi connectivity index (χ3v) is 3.75. The van der Waals surface area contributed by atoms with Gasteiger partial charge in [0.05, 0.1) is 17.1 Å². The highest BCUT2D eigenvalue weighted by molar-refractivity contribution is 9.10. The number of carbonyl (C=O) groups is 1. The Hall–Kier alpha value is -2.74. The Morgan fingerprint density at radius 3 is 2.48 bits per heavy atom. The Balaban J connectivity index is 2.75. The standard InChI is InChI=1S/C17H13BrFNO5/c1-2-25-17(22)15(16(21)10-3-6-12(19)7-4-10)13-9-11(18)5-8-14(13)20(23)24/h3-9,21H,2H2,1H3. The zero-order chi connectivity index (χ0) is 18.6. The van der Waals surface area contributed by atoms with Gasteiger partial charge >= 0.3 is 5.97 Å². The van der Waals surface area contributed by atoms with Crippen LogP contribution in [0, 0.1) is 15.9 Å². The molecule has 0 radical (unpaired) electrons. The maximum absolute atomic E-state index is 13.1. The van der Waals surface area contributed by atoms with Gasteiger partial charge in [0, 0.05) is 16.1 Å². The molecule has 0 heterocycles. The lowest BCUT2D eigenvalue weighted by atomic mass is 9.99. The molecule has 0 aliphatic rings. The molecular weight excluding hydrogens is 397 g/mol. The minimum atomic E-state index is -0.925. The van der Waals surface area contributed by atoms with Crippen LogP contribution >= 0.6 is 15.9 Å². The fourth-order valence-electron chi connectivity index (χ4n) is 2.16. The number of esters is 1. The molecule has 0 saturated heterocycles. The summed E-state index contributed by atoms with van der Waals surface area (Å²) in [6.07, 6.45) is 0. The first-order valence-electron chi connectivity index (χ1n) is 7.15. The summed E-state index contributed by atoms with van der Waals surface area (Å²) in [4.78, 5) is 23.0. The third-order valence-electron chi connectivity index (χ3n) is 3.26. The fraction of sp³-hybridized carbons (Fsp3) is 0.118. The van der Waals surface area contributed by atoms with E-state index >= 15 is 0 Å². The number of ether oxygens (including phenoxy) is 1. The van der Waals surface area contributed by atoms with Crippen molar-refractivity contribution in [3.8, 4) is 0 Å². The van der Waals surface area contributed by atoms with Crippen LogP contribution < -0.4 is 0 Å². The van der Waals surface area contributed by atoms with E-state index in [1.807, 2.05) is 0 Å². The predicted molar refractivity (Wildman–Crippen MR) is 93.3 cm³/mol. The molecule has 25 heavy (non-hydrogen) atoms. The Kier molecular flexibility index (Phi) is 5.87. The summed E-state index contributed by atoms with van der Waals surface area (Å²) in [5.41, 5.74) is -0.736. The highest BCUT2D eigenvalue weighted by Crippen LogP contribution is 2.34. The largest absolute Gasteiger partial charge is 0.506 e. The van der Waals surface area contributed by atoms with Gasteiger partial charge in [0.15, 0.2) is 0 Å². The Bertz CT molecular complexity index is 849. The van der Waals surface area contributed by atoms with Crippen molar-refractivity contribution in [1.29, 1.82) is 0 Å². The molecule has 2 rings (SSSR count). The number of halogens is 2. The number of benzene rings is 2. The Morgan fingerprint density at radius 1 is 1.28 bits per heavy atom. The van der Waals surface area contributed by atoms with Crippen LogP contribution in [0.3, 0.4) is 0 Å². The number of hydrogen-bond donors (Lipinski definition) is 1. The van der Waals surface area contributed by atoms with Crippen LogP contribution in [-0.4, -0.2) is 22.6 Å². The maximum Gasteiger partial charge on any atom is 0.342 e. The van der Waals surface area contributed by atoms with Crippen molar-refractivity contribution in [2.24, 2.45) is 0 Å². The van der Waals surface area contributed by atoms with Crippen molar-refractivity contribution in [2.45, 2.75) is 6.92 Å². The molecule has 0 bridgehead atoms. The number of nitro benzene ring substituents is 1. The fourth-order valence-corrected chi connectivity index (χ4v) is 2.52. The summed E-state index contributed by atoms with van der Waals surface area (Å²) < 4.78 is 18.5. The van der Waals surface area contributed by atoms with Crippen LogP contribution in [0.4, 0.5) is 10.1 Å². The monoisotopic (exact) mass is 409 g/mol. The summed E-state index contributed by atoms with van der Waals surface area (Å²) in [6.45, 7) is 1.58. The SMILES string of the molecule is CCOC(=O)C(=C(O)c1ccc(F)cc1)c1cc(Br)ccc1[N+](=O)[O-]. The van der Waals surface area contributed by atoms with Crippen LogP contribution in [0.1, 0.15) is 18.1 Å². The van der Waals surface area contributed by atoms with Crippen LogP contribution in [0.25, 0.3) is 11.3 Å². The van der Waals surface area contributed by atoms with Gasteiger partial charge in [-0.1, -0.05) is 15.9 Å². The van der Waals surface area contributed by atoms with E-state index in [9.17, 15) is 24.4 Å². The first-order valence-corrected chi connectivity index (χ1v) is 7.95. The molecular formula is C17H13BrFNO5. The van der Waals surface area contributed by atoms with Crippen LogP contribution in [-0.2, 0) is 9.53 Å². The van der Waals surface area contributed by atoms with Crippen LogP contribution in [0.5, 0.6) is 0 Å². The minimum Gasteiger partial charge on any atom is -0.506 e. The van der Waals surface area contributed by atoms with Gasteiger partial charge in [-0.25, -0.2) is 9.18 Å². The summed E-state index contributed by atoms with van der Waals surface area (Å²) in [7, 11) is 0. The second-order valence-electron chi connectivity index (χ2n) is 4.87. The average Bonchev–Trinajstić information content (AvgIpc) is 2.55. The van der Waals surface area contributed by atoms with E-state index in [4.69, 9.17) is 4.74 Å². The molecule has 6 nitrogen and oxygen atoms in total. The smallest absolute Gasteiger partial charge is 0.342 e. The molecule has 0 atom stereocenters. The predicted octanol–water partition coefficient (Wildman–Crippen LogP) is 4.49. The molecule has 0 aliphatic heterocycles. The average molecular weight is 410 g/mol. The first kappa shape index (κ1) is 18.6. The molecule has 0 amide bonds. The van der Waals surface area contributed by atoms with Crippen LogP contribution in [0.2, 0.25) is 0 Å². The minimum absolute atomic E-state index is 0.0147. The molecule has 0 aromatic heterocycles. The third kappa shape index (κ3) is 4.21. The van der Waals surface area contributed by atoms with Gasteiger partial charge in [0.25, 0.3) is 5.69 Å². The summed E-state index contributed by atoms with van der Waals surface area (Å²) in [5, 5.41) is 21.8. The lowest BCUT2D eigenvalue weighted by Gasteiger charge is -2.11. The summed E-state index contributed by atoms with van der Waals surface area (Å²) in [6, 6.07) is 8.70. The first-order chi connectivity index (χ1) is 11.8. The van der Waals surface area contributed by atoms with Gasteiger partial charge < -0.3 is 9.84 Å². The van der Waals surface area contributed by atoms with E-state index in [2.05, 4.69) is 15.9 Å². The molecule has 0 spiro atoms. The van der Waals surface area contributed by atoms with Crippen molar-refractivity contribution in [3.05, 3.63) is 74.0 Å². The second kappa shape index (κ2) is 7.89. The zero-order valence-corrected chi connectivity index (χ0v) is 14.6. The molecule has 0 saturated carbocycles. The Morgan fingerprint density at radius 2 is 1.92 bits per heavy atom. The van der Waals surface area contributed by atoms with Crippen molar-refractivity contribution >= 4 is 38.9 Å². The van der Waals surface area contributed by atoms with Crippen molar-refractivity contribution in [2.75, 3.05) is 6.61 Å². The number of carbonyl (C=O) groups excluding carboxylic acids is 1. The number of nitro groups is 1. The molecule has 0 aliphatic carbocycles. The van der Waals surface area contributed by atoms with Gasteiger partial charge in [0.2, 0.25) is 0 Å². The highest BCUT2D eigenvalue weighted by atomic mass is 79.9.